The lowest BCUT2D eigenvalue weighted by Gasteiger charge is -2.22. The number of hydrogen-bond acceptors (Lipinski definition) is 4. The van der Waals surface area contributed by atoms with Gasteiger partial charge in [-0.25, -0.2) is 4.39 Å². The average Bonchev–Trinajstić information content (AvgIpc) is 2.92. The summed E-state index contributed by atoms with van der Waals surface area (Å²) in [5.41, 5.74) is 2.83. The molecule has 3 aromatic rings. The minimum Gasteiger partial charge on any atom is -0.492 e. The van der Waals surface area contributed by atoms with E-state index in [-0.39, 0.29) is 30.6 Å². The van der Waals surface area contributed by atoms with Gasteiger partial charge >= 0.3 is 0 Å². The van der Waals surface area contributed by atoms with E-state index in [0.29, 0.717) is 40.7 Å². The molecule has 0 spiro atoms. The van der Waals surface area contributed by atoms with Crippen LogP contribution >= 0.6 is 0 Å². The standard InChI is InChI=1S/C25H22FN3O3/c1-2-32-23-10-6-4-8-20(23)28-24(30)16-29-22-9-5-3-7-19(22)27-21(15-25(29)31)17-11-13-18(26)14-12-17/h3-14H,2,15-16H2,1H3,(H,28,30). The highest BCUT2D eigenvalue weighted by atomic mass is 19.1. The van der Waals surface area contributed by atoms with Crippen LogP contribution in [0.4, 0.5) is 21.5 Å². The van der Waals surface area contributed by atoms with E-state index >= 15 is 0 Å². The molecule has 0 aromatic heterocycles. The second-order valence-electron chi connectivity index (χ2n) is 7.19. The Labute approximate surface area is 185 Å². The summed E-state index contributed by atoms with van der Waals surface area (Å²) in [5.74, 6) is -0.426. The molecule has 0 atom stereocenters. The van der Waals surface area contributed by atoms with Gasteiger partial charge < -0.3 is 15.0 Å². The van der Waals surface area contributed by atoms with Crippen LogP contribution in [0.5, 0.6) is 5.75 Å². The number of nitrogens with zero attached hydrogens (tertiary/aromatic N) is 2. The topological polar surface area (TPSA) is 71.0 Å². The molecule has 162 valence electrons. The third-order valence-corrected chi connectivity index (χ3v) is 4.99. The van der Waals surface area contributed by atoms with E-state index in [0.717, 1.165) is 0 Å². The summed E-state index contributed by atoms with van der Waals surface area (Å²) in [5, 5.41) is 2.83. The fourth-order valence-corrected chi connectivity index (χ4v) is 3.51. The maximum atomic E-state index is 13.3. The van der Waals surface area contributed by atoms with Gasteiger partial charge in [0.05, 0.1) is 35.8 Å². The van der Waals surface area contributed by atoms with Crippen LogP contribution in [-0.4, -0.2) is 30.7 Å². The highest BCUT2D eigenvalue weighted by molar-refractivity contribution is 6.19. The number of nitrogens with one attached hydrogen (secondary N) is 1. The predicted octanol–water partition coefficient (Wildman–Crippen LogP) is 4.72. The van der Waals surface area contributed by atoms with Gasteiger partial charge in [0.2, 0.25) is 11.8 Å². The Balaban J connectivity index is 1.59. The van der Waals surface area contributed by atoms with Crippen molar-refractivity contribution in [1.29, 1.82) is 0 Å². The number of fused-ring (bicyclic) bond motifs is 1. The first-order valence-corrected chi connectivity index (χ1v) is 10.3. The molecule has 0 unspecified atom stereocenters. The average molecular weight is 431 g/mol. The smallest absolute Gasteiger partial charge is 0.244 e. The first kappa shape index (κ1) is 21.2. The van der Waals surface area contributed by atoms with Gasteiger partial charge in [0.25, 0.3) is 0 Å². The molecule has 1 aliphatic heterocycles. The molecule has 6 nitrogen and oxygen atoms in total. The van der Waals surface area contributed by atoms with Crippen LogP contribution in [0.25, 0.3) is 0 Å². The van der Waals surface area contributed by atoms with E-state index in [1.807, 2.05) is 19.1 Å². The molecular formula is C25H22FN3O3. The zero-order valence-electron chi connectivity index (χ0n) is 17.5. The number of halogens is 1. The minimum atomic E-state index is -0.361. The van der Waals surface area contributed by atoms with Crippen molar-refractivity contribution in [1.82, 2.24) is 0 Å². The van der Waals surface area contributed by atoms with Crippen molar-refractivity contribution in [2.24, 2.45) is 4.99 Å². The largest absolute Gasteiger partial charge is 0.492 e. The number of amides is 2. The first-order chi connectivity index (χ1) is 15.5. The minimum absolute atomic E-state index is 0.0108. The lowest BCUT2D eigenvalue weighted by Crippen LogP contribution is -2.38. The highest BCUT2D eigenvalue weighted by Gasteiger charge is 2.26. The fourth-order valence-electron chi connectivity index (χ4n) is 3.51. The maximum absolute atomic E-state index is 13.3. The molecule has 0 bridgehead atoms. The van der Waals surface area contributed by atoms with Crippen molar-refractivity contribution in [3.8, 4) is 5.75 Å². The predicted molar refractivity (Wildman–Crippen MR) is 122 cm³/mol. The molecule has 7 heteroatoms. The number of hydrogen-bond donors (Lipinski definition) is 1. The lowest BCUT2D eigenvalue weighted by molar-refractivity contribution is -0.120. The lowest BCUT2D eigenvalue weighted by atomic mass is 10.1. The van der Waals surface area contributed by atoms with Crippen LogP contribution in [0, 0.1) is 5.82 Å². The Morgan fingerprint density at radius 1 is 1.06 bits per heavy atom. The Hall–Kier alpha value is -4.00. The van der Waals surface area contributed by atoms with Gasteiger partial charge in [0.15, 0.2) is 0 Å². The molecule has 0 saturated carbocycles. The molecule has 32 heavy (non-hydrogen) atoms. The SMILES string of the molecule is CCOc1ccccc1NC(=O)CN1C(=O)CC(c2ccc(F)cc2)=Nc2ccccc21. The van der Waals surface area contributed by atoms with Gasteiger partial charge in [-0.15, -0.1) is 0 Å². The third-order valence-electron chi connectivity index (χ3n) is 4.99. The highest BCUT2D eigenvalue weighted by Crippen LogP contribution is 2.33. The molecule has 1 heterocycles. The second kappa shape index (κ2) is 9.43. The number of carbonyl (C=O) groups excluding carboxylic acids is 2. The molecule has 0 fully saturated rings. The number of aliphatic imine (C=N–C) groups is 1. The van der Waals surface area contributed by atoms with E-state index in [4.69, 9.17) is 4.74 Å². The van der Waals surface area contributed by atoms with Crippen LogP contribution in [0.3, 0.4) is 0 Å². The summed E-state index contributed by atoms with van der Waals surface area (Å²) in [4.78, 5) is 32.1. The Morgan fingerprint density at radius 2 is 1.78 bits per heavy atom. The van der Waals surface area contributed by atoms with Gasteiger partial charge in [-0.1, -0.05) is 36.4 Å². The number of ether oxygens (including phenoxy) is 1. The van der Waals surface area contributed by atoms with Gasteiger partial charge in [0, 0.05) is 0 Å². The summed E-state index contributed by atoms with van der Waals surface area (Å²) in [7, 11) is 0. The summed E-state index contributed by atoms with van der Waals surface area (Å²) >= 11 is 0. The van der Waals surface area contributed by atoms with Crippen LogP contribution in [0.1, 0.15) is 18.9 Å². The quantitative estimate of drug-likeness (QED) is 0.614. The van der Waals surface area contributed by atoms with Crippen molar-refractivity contribution >= 4 is 34.6 Å². The molecule has 1 aliphatic rings. The molecular weight excluding hydrogens is 409 g/mol. The number of para-hydroxylation sites is 4. The van der Waals surface area contributed by atoms with E-state index < -0.39 is 0 Å². The van der Waals surface area contributed by atoms with Gasteiger partial charge in [-0.05, 0) is 48.9 Å². The molecule has 0 radical (unpaired) electrons. The van der Waals surface area contributed by atoms with E-state index in [2.05, 4.69) is 10.3 Å². The molecule has 2 amide bonds. The van der Waals surface area contributed by atoms with E-state index in [1.54, 1.807) is 48.5 Å². The van der Waals surface area contributed by atoms with Crippen molar-refractivity contribution in [3.05, 3.63) is 84.2 Å². The number of rotatable bonds is 6. The van der Waals surface area contributed by atoms with Crippen LogP contribution in [0.2, 0.25) is 0 Å². The monoisotopic (exact) mass is 431 g/mol. The molecule has 0 aliphatic carbocycles. The Kier molecular flexibility index (Phi) is 6.26. The second-order valence-corrected chi connectivity index (χ2v) is 7.19. The van der Waals surface area contributed by atoms with Crippen molar-refractivity contribution in [3.63, 3.8) is 0 Å². The zero-order valence-corrected chi connectivity index (χ0v) is 17.5. The summed E-state index contributed by atoms with van der Waals surface area (Å²) in [6.45, 7) is 2.15. The van der Waals surface area contributed by atoms with E-state index in [9.17, 15) is 14.0 Å². The molecule has 4 rings (SSSR count). The van der Waals surface area contributed by atoms with Crippen LogP contribution in [0.15, 0.2) is 77.8 Å². The van der Waals surface area contributed by atoms with Crippen molar-refractivity contribution in [2.45, 2.75) is 13.3 Å². The molecule has 3 aromatic carbocycles. The Bertz CT molecular complexity index is 1180. The Morgan fingerprint density at radius 3 is 2.56 bits per heavy atom. The summed E-state index contributed by atoms with van der Waals surface area (Å²) in [6.07, 6.45) is -0.0108. The van der Waals surface area contributed by atoms with E-state index in [1.165, 1.54) is 17.0 Å². The summed E-state index contributed by atoms with van der Waals surface area (Å²) in [6, 6.07) is 20.1. The van der Waals surface area contributed by atoms with Crippen LogP contribution in [-0.2, 0) is 9.59 Å². The molecule has 1 N–H and O–H groups in total. The fraction of sp³-hybridized carbons (Fsp3) is 0.160. The summed E-state index contributed by atoms with van der Waals surface area (Å²) < 4.78 is 18.9. The third kappa shape index (κ3) is 4.67. The molecule has 0 saturated heterocycles. The zero-order chi connectivity index (χ0) is 22.5. The van der Waals surface area contributed by atoms with Gasteiger partial charge in [-0.2, -0.15) is 0 Å². The first-order valence-electron chi connectivity index (χ1n) is 10.3. The number of anilines is 2. The number of benzene rings is 3. The normalized spacial score (nSPS) is 13.1. The maximum Gasteiger partial charge on any atom is 0.244 e. The van der Waals surface area contributed by atoms with Gasteiger partial charge in [0.1, 0.15) is 18.1 Å². The number of carbonyl (C=O) groups is 2. The van der Waals surface area contributed by atoms with Crippen molar-refractivity contribution < 1.29 is 18.7 Å². The van der Waals surface area contributed by atoms with Crippen molar-refractivity contribution in [2.75, 3.05) is 23.4 Å². The van der Waals surface area contributed by atoms with Gasteiger partial charge in [-0.3, -0.25) is 14.6 Å². The van der Waals surface area contributed by atoms with Crippen LogP contribution < -0.4 is 15.0 Å².